The van der Waals surface area contributed by atoms with Gasteiger partial charge in [0.2, 0.25) is 0 Å². The zero-order chi connectivity index (χ0) is 20.8. The molecule has 2 fully saturated rings. The highest BCUT2D eigenvalue weighted by Crippen LogP contribution is 2.30. The van der Waals surface area contributed by atoms with E-state index in [-0.39, 0.29) is 5.91 Å². The lowest BCUT2D eigenvalue weighted by Crippen LogP contribution is -2.35. The van der Waals surface area contributed by atoms with E-state index in [0.717, 1.165) is 56.0 Å². The van der Waals surface area contributed by atoms with Crippen LogP contribution >= 0.6 is 0 Å². The molecule has 2 aromatic heterocycles. The van der Waals surface area contributed by atoms with Gasteiger partial charge in [0.05, 0.1) is 11.3 Å². The molecule has 0 bridgehead atoms. The fourth-order valence-corrected chi connectivity index (χ4v) is 4.92. The van der Waals surface area contributed by atoms with Gasteiger partial charge in [0.15, 0.2) is 0 Å². The molecule has 3 heterocycles. The minimum atomic E-state index is 0.0564. The average molecular weight is 407 g/mol. The van der Waals surface area contributed by atoms with Crippen LogP contribution in [0.5, 0.6) is 0 Å². The smallest absolute Gasteiger partial charge is 0.253 e. The van der Waals surface area contributed by atoms with E-state index in [0.29, 0.717) is 11.8 Å². The fourth-order valence-electron chi connectivity index (χ4n) is 4.92. The standard InChI is InChI=1S/C25H34N4O/c1-19-9-10-23(25(30)27-17-20-6-3-2-4-7-20)24(28-19)22-11-14-29(15-12-22)18-21-8-5-13-26-16-21/h5,8-10,13,16,20,22H,2-4,6-7,11-12,14-15,17-18H2,1H3,(H,27,30). The zero-order valence-electron chi connectivity index (χ0n) is 18.1. The number of nitrogens with one attached hydrogen (secondary N) is 1. The van der Waals surface area contributed by atoms with Crippen LogP contribution in [-0.4, -0.2) is 40.4 Å². The topological polar surface area (TPSA) is 58.1 Å². The van der Waals surface area contributed by atoms with Gasteiger partial charge >= 0.3 is 0 Å². The Labute approximate surface area is 180 Å². The van der Waals surface area contributed by atoms with Crippen LogP contribution in [0, 0.1) is 12.8 Å². The van der Waals surface area contributed by atoms with Crippen molar-refractivity contribution in [2.45, 2.75) is 64.3 Å². The summed E-state index contributed by atoms with van der Waals surface area (Å²) in [5, 5.41) is 3.21. The number of hydrogen-bond donors (Lipinski definition) is 1. The van der Waals surface area contributed by atoms with Gasteiger partial charge in [-0.2, -0.15) is 0 Å². The van der Waals surface area contributed by atoms with Crippen molar-refractivity contribution < 1.29 is 4.79 Å². The second kappa shape index (κ2) is 10.2. The third kappa shape index (κ3) is 5.45. The van der Waals surface area contributed by atoms with Gasteiger partial charge in [0.25, 0.3) is 5.91 Å². The first kappa shape index (κ1) is 21.0. The molecule has 0 radical (unpaired) electrons. The number of aromatic nitrogens is 2. The Morgan fingerprint density at radius 3 is 2.63 bits per heavy atom. The predicted octanol–water partition coefficient (Wildman–Crippen LogP) is 4.47. The highest BCUT2D eigenvalue weighted by Gasteiger charge is 2.26. The monoisotopic (exact) mass is 406 g/mol. The van der Waals surface area contributed by atoms with Crippen molar-refractivity contribution in [2.24, 2.45) is 5.92 Å². The van der Waals surface area contributed by atoms with Crippen molar-refractivity contribution in [3.05, 3.63) is 59.2 Å². The first-order chi connectivity index (χ1) is 14.7. The number of hydrogen-bond acceptors (Lipinski definition) is 4. The highest BCUT2D eigenvalue weighted by molar-refractivity contribution is 5.95. The van der Waals surface area contributed by atoms with Crippen LogP contribution in [0.1, 0.15) is 78.2 Å². The summed E-state index contributed by atoms with van der Waals surface area (Å²) in [5.41, 5.74) is 4.03. The number of rotatable bonds is 6. The molecule has 0 spiro atoms. The van der Waals surface area contributed by atoms with Gasteiger partial charge in [-0.15, -0.1) is 0 Å². The quantitative estimate of drug-likeness (QED) is 0.769. The Morgan fingerprint density at radius 1 is 1.10 bits per heavy atom. The number of amides is 1. The lowest BCUT2D eigenvalue weighted by atomic mass is 9.88. The Bertz CT molecular complexity index is 824. The second-order valence-corrected chi connectivity index (χ2v) is 9.01. The lowest BCUT2D eigenvalue weighted by Gasteiger charge is -2.32. The minimum Gasteiger partial charge on any atom is -0.352 e. The molecule has 1 saturated carbocycles. The van der Waals surface area contributed by atoms with Crippen LogP contribution in [0.4, 0.5) is 0 Å². The molecule has 2 aliphatic rings. The van der Waals surface area contributed by atoms with E-state index in [1.807, 2.05) is 37.5 Å². The molecule has 5 nitrogen and oxygen atoms in total. The van der Waals surface area contributed by atoms with Crippen LogP contribution in [-0.2, 0) is 6.54 Å². The summed E-state index contributed by atoms with van der Waals surface area (Å²) >= 11 is 0. The Balaban J connectivity index is 1.37. The van der Waals surface area contributed by atoms with E-state index in [9.17, 15) is 4.79 Å². The number of carbonyl (C=O) groups excluding carboxylic acids is 1. The lowest BCUT2D eigenvalue weighted by molar-refractivity contribution is 0.0940. The minimum absolute atomic E-state index is 0.0564. The van der Waals surface area contributed by atoms with E-state index >= 15 is 0 Å². The second-order valence-electron chi connectivity index (χ2n) is 9.01. The molecule has 160 valence electrons. The molecule has 1 aliphatic carbocycles. The van der Waals surface area contributed by atoms with Crippen molar-refractivity contribution in [3.63, 3.8) is 0 Å². The number of aryl methyl sites for hydroxylation is 1. The normalized spacial score (nSPS) is 19.0. The molecule has 4 rings (SSSR count). The first-order valence-electron chi connectivity index (χ1n) is 11.6. The molecular weight excluding hydrogens is 372 g/mol. The van der Waals surface area contributed by atoms with Gasteiger partial charge in [0.1, 0.15) is 0 Å². The van der Waals surface area contributed by atoms with E-state index in [2.05, 4.69) is 21.3 Å². The third-order valence-corrected chi connectivity index (χ3v) is 6.69. The van der Waals surface area contributed by atoms with Crippen molar-refractivity contribution in [2.75, 3.05) is 19.6 Å². The number of piperidine rings is 1. The van der Waals surface area contributed by atoms with E-state index in [1.54, 1.807) is 0 Å². The highest BCUT2D eigenvalue weighted by atomic mass is 16.1. The average Bonchev–Trinajstić information content (AvgIpc) is 2.79. The van der Waals surface area contributed by atoms with Crippen LogP contribution < -0.4 is 5.32 Å². The van der Waals surface area contributed by atoms with Crippen molar-refractivity contribution in [1.29, 1.82) is 0 Å². The Morgan fingerprint density at radius 2 is 1.90 bits per heavy atom. The summed E-state index contributed by atoms with van der Waals surface area (Å²) in [5.74, 6) is 1.05. The number of carbonyl (C=O) groups is 1. The number of nitrogens with zero attached hydrogens (tertiary/aromatic N) is 3. The van der Waals surface area contributed by atoms with Crippen molar-refractivity contribution >= 4 is 5.91 Å². The summed E-state index contributed by atoms with van der Waals surface area (Å²) in [6, 6.07) is 8.08. The number of pyridine rings is 2. The maximum absolute atomic E-state index is 13.0. The van der Waals surface area contributed by atoms with E-state index in [4.69, 9.17) is 4.98 Å². The fraction of sp³-hybridized carbons (Fsp3) is 0.560. The number of likely N-dealkylation sites (tertiary alicyclic amines) is 1. The van der Waals surface area contributed by atoms with Gasteiger partial charge < -0.3 is 5.32 Å². The van der Waals surface area contributed by atoms with Crippen LogP contribution in [0.2, 0.25) is 0 Å². The van der Waals surface area contributed by atoms with E-state index in [1.165, 1.54) is 37.7 Å². The SMILES string of the molecule is Cc1ccc(C(=O)NCC2CCCCC2)c(C2CCN(Cc3cccnc3)CC2)n1. The molecule has 5 heteroatoms. The zero-order valence-corrected chi connectivity index (χ0v) is 18.1. The molecular formula is C25H34N4O. The van der Waals surface area contributed by atoms with E-state index < -0.39 is 0 Å². The van der Waals surface area contributed by atoms with Gasteiger partial charge in [-0.05, 0) is 75.4 Å². The van der Waals surface area contributed by atoms with Crippen LogP contribution in [0.25, 0.3) is 0 Å². The molecule has 1 N–H and O–H groups in total. The predicted molar refractivity (Wildman–Crippen MR) is 119 cm³/mol. The molecule has 1 amide bonds. The van der Waals surface area contributed by atoms with Crippen molar-refractivity contribution in [3.8, 4) is 0 Å². The summed E-state index contributed by atoms with van der Waals surface area (Å²) in [7, 11) is 0. The Kier molecular flexibility index (Phi) is 7.11. The maximum atomic E-state index is 13.0. The molecule has 1 saturated heterocycles. The molecule has 1 aliphatic heterocycles. The van der Waals surface area contributed by atoms with Gasteiger partial charge in [-0.25, -0.2) is 0 Å². The summed E-state index contributed by atoms with van der Waals surface area (Å²) in [4.78, 5) is 24.5. The maximum Gasteiger partial charge on any atom is 0.253 e. The van der Waals surface area contributed by atoms with Crippen LogP contribution in [0.15, 0.2) is 36.7 Å². The summed E-state index contributed by atoms with van der Waals surface area (Å²) < 4.78 is 0. The molecule has 0 atom stereocenters. The first-order valence-corrected chi connectivity index (χ1v) is 11.6. The molecule has 0 aromatic carbocycles. The van der Waals surface area contributed by atoms with Gasteiger partial charge in [-0.3, -0.25) is 19.7 Å². The summed E-state index contributed by atoms with van der Waals surface area (Å²) in [6.45, 7) is 5.81. The van der Waals surface area contributed by atoms with Crippen molar-refractivity contribution in [1.82, 2.24) is 20.2 Å². The molecule has 30 heavy (non-hydrogen) atoms. The largest absolute Gasteiger partial charge is 0.352 e. The molecule has 2 aromatic rings. The van der Waals surface area contributed by atoms with Gasteiger partial charge in [0, 0.05) is 37.1 Å². The molecule has 0 unspecified atom stereocenters. The van der Waals surface area contributed by atoms with Gasteiger partial charge in [-0.1, -0.05) is 25.3 Å². The van der Waals surface area contributed by atoms with Crippen LogP contribution in [0.3, 0.4) is 0 Å². The third-order valence-electron chi connectivity index (χ3n) is 6.69. The Hall–Kier alpha value is -2.27. The summed E-state index contributed by atoms with van der Waals surface area (Å²) in [6.07, 6.45) is 12.3.